The number of amides is 1. The Morgan fingerprint density at radius 3 is 2.43 bits per heavy atom. The molecule has 1 atom stereocenters. The van der Waals surface area contributed by atoms with Gasteiger partial charge in [-0.3, -0.25) is 9.78 Å². The molecule has 3 aromatic carbocycles. The van der Waals surface area contributed by atoms with Crippen molar-refractivity contribution in [3.8, 4) is 11.5 Å². The average Bonchev–Trinajstić information content (AvgIpc) is 2.96. The molecule has 44 heavy (non-hydrogen) atoms. The van der Waals surface area contributed by atoms with E-state index >= 15 is 0 Å². The number of alkyl halides is 3. The lowest BCUT2D eigenvalue weighted by Crippen LogP contribution is -2.54. The molecule has 13 heteroatoms. The van der Waals surface area contributed by atoms with Gasteiger partial charge in [0.2, 0.25) is 0 Å². The van der Waals surface area contributed by atoms with Crippen LogP contribution in [0.1, 0.15) is 31.9 Å². The number of anilines is 1. The molecular formula is C31H28ClF4N3O5. The number of pyridine rings is 1. The Kier molecular flexibility index (Phi) is 9.83. The minimum absolute atomic E-state index is 0.0207. The molecule has 1 heterocycles. The van der Waals surface area contributed by atoms with Gasteiger partial charge in [0, 0.05) is 46.2 Å². The number of benzene rings is 3. The van der Waals surface area contributed by atoms with Gasteiger partial charge in [-0.1, -0.05) is 23.7 Å². The molecule has 0 aliphatic heterocycles. The van der Waals surface area contributed by atoms with Crippen molar-refractivity contribution in [3.63, 3.8) is 0 Å². The largest absolute Gasteiger partial charge is 0.491 e. The number of esters is 1. The molecule has 4 aromatic rings. The number of ether oxygens (including phenoxy) is 3. The number of hydrogen-bond donors (Lipinski definition) is 2. The van der Waals surface area contributed by atoms with E-state index < -0.39 is 36.1 Å². The number of carbonyl (C=O) groups excluding carboxylic acids is 2. The highest BCUT2D eigenvalue weighted by atomic mass is 35.5. The summed E-state index contributed by atoms with van der Waals surface area (Å²) in [5.74, 6) is -4.33. The van der Waals surface area contributed by atoms with E-state index in [0.717, 1.165) is 6.07 Å². The molecule has 1 aromatic heterocycles. The Labute approximate surface area is 255 Å². The molecule has 232 valence electrons. The summed E-state index contributed by atoms with van der Waals surface area (Å²) in [5.41, 5.74) is -2.98. The lowest BCUT2D eigenvalue weighted by molar-refractivity contribution is -0.213. The minimum Gasteiger partial charge on any atom is -0.490 e. The maximum absolute atomic E-state index is 14.5. The van der Waals surface area contributed by atoms with Crippen LogP contribution in [0.15, 0.2) is 73.1 Å². The van der Waals surface area contributed by atoms with E-state index in [9.17, 15) is 27.2 Å². The third-order valence-electron chi connectivity index (χ3n) is 6.23. The lowest BCUT2D eigenvalue weighted by atomic mass is 9.99. The fourth-order valence-corrected chi connectivity index (χ4v) is 4.42. The average molecular weight is 634 g/mol. The molecule has 0 aliphatic rings. The van der Waals surface area contributed by atoms with Gasteiger partial charge in [0.15, 0.2) is 11.5 Å². The number of nitrogens with zero attached hydrogens (tertiary/aromatic N) is 1. The van der Waals surface area contributed by atoms with Gasteiger partial charge >= 0.3 is 12.1 Å². The van der Waals surface area contributed by atoms with Crippen molar-refractivity contribution >= 4 is 39.9 Å². The predicted octanol–water partition coefficient (Wildman–Crippen LogP) is 6.90. The topological polar surface area (TPSA) is 98.8 Å². The summed E-state index contributed by atoms with van der Waals surface area (Å²) in [6, 6.07) is 13.9. The molecule has 0 fully saturated rings. The van der Waals surface area contributed by atoms with Crippen LogP contribution in [0, 0.1) is 5.82 Å². The van der Waals surface area contributed by atoms with Crippen molar-refractivity contribution in [2.45, 2.75) is 45.3 Å². The number of rotatable bonds is 11. The quantitative estimate of drug-likeness (QED) is 0.105. The van der Waals surface area contributed by atoms with Crippen molar-refractivity contribution in [3.05, 3.63) is 95.0 Å². The van der Waals surface area contributed by atoms with E-state index in [-0.39, 0.29) is 46.0 Å². The first-order valence-electron chi connectivity index (χ1n) is 13.4. The van der Waals surface area contributed by atoms with Crippen LogP contribution in [0.5, 0.6) is 11.5 Å². The second kappa shape index (κ2) is 13.4. The van der Waals surface area contributed by atoms with Gasteiger partial charge < -0.3 is 24.8 Å². The van der Waals surface area contributed by atoms with Crippen LogP contribution >= 0.6 is 11.6 Å². The smallest absolute Gasteiger partial charge is 0.490 e. The van der Waals surface area contributed by atoms with Crippen molar-refractivity contribution in [2.75, 3.05) is 11.9 Å². The molecule has 0 aliphatic carbocycles. The summed E-state index contributed by atoms with van der Waals surface area (Å²) in [4.78, 5) is 30.5. The van der Waals surface area contributed by atoms with Crippen molar-refractivity contribution in [2.24, 2.45) is 0 Å². The SMILES string of the molecule is CCOc1cc(C(Nc2ccc3cnccc3c2)(OC(=O)C(F)(F)F)C(=O)NCc2ccc(Cl)cc2F)ccc1OC(C)C. The van der Waals surface area contributed by atoms with Crippen LogP contribution in [0.2, 0.25) is 5.02 Å². The molecule has 0 saturated heterocycles. The molecule has 1 unspecified atom stereocenters. The third kappa shape index (κ3) is 7.49. The normalized spacial score (nSPS) is 12.8. The van der Waals surface area contributed by atoms with E-state index in [1.165, 1.54) is 42.6 Å². The van der Waals surface area contributed by atoms with Crippen LogP contribution in [0.3, 0.4) is 0 Å². The number of aromatic nitrogens is 1. The number of carbonyl (C=O) groups is 2. The van der Waals surface area contributed by atoms with Crippen molar-refractivity contribution in [1.29, 1.82) is 0 Å². The van der Waals surface area contributed by atoms with Gasteiger partial charge in [0.05, 0.1) is 12.7 Å². The Bertz CT molecular complexity index is 1670. The second-order valence-electron chi connectivity index (χ2n) is 9.81. The zero-order valence-electron chi connectivity index (χ0n) is 23.8. The summed E-state index contributed by atoms with van der Waals surface area (Å²) < 4.78 is 72.2. The molecule has 2 N–H and O–H groups in total. The fourth-order valence-electron chi connectivity index (χ4n) is 4.26. The van der Waals surface area contributed by atoms with E-state index in [2.05, 4.69) is 15.6 Å². The monoisotopic (exact) mass is 633 g/mol. The molecule has 0 saturated carbocycles. The predicted molar refractivity (Wildman–Crippen MR) is 156 cm³/mol. The van der Waals surface area contributed by atoms with Crippen LogP contribution in [-0.2, 0) is 26.6 Å². The highest BCUT2D eigenvalue weighted by molar-refractivity contribution is 6.30. The zero-order chi connectivity index (χ0) is 32.1. The summed E-state index contributed by atoms with van der Waals surface area (Å²) >= 11 is 5.82. The number of fused-ring (bicyclic) bond motifs is 1. The highest BCUT2D eigenvalue weighted by Crippen LogP contribution is 2.38. The summed E-state index contributed by atoms with van der Waals surface area (Å²) in [6.07, 6.45) is -2.69. The van der Waals surface area contributed by atoms with Gasteiger partial charge in [0.1, 0.15) is 5.82 Å². The first-order chi connectivity index (χ1) is 20.8. The molecular weight excluding hydrogens is 606 g/mol. The second-order valence-corrected chi connectivity index (χ2v) is 10.2. The van der Waals surface area contributed by atoms with Gasteiger partial charge in [-0.05, 0) is 74.7 Å². The fraction of sp³-hybridized carbons (Fsp3) is 0.258. The molecule has 4 rings (SSSR count). The Balaban J connectivity index is 1.89. The van der Waals surface area contributed by atoms with E-state index in [0.29, 0.717) is 10.8 Å². The molecule has 0 bridgehead atoms. The third-order valence-corrected chi connectivity index (χ3v) is 6.46. The van der Waals surface area contributed by atoms with Crippen LogP contribution in [-0.4, -0.2) is 35.7 Å². The molecule has 0 spiro atoms. The van der Waals surface area contributed by atoms with E-state index in [1.807, 2.05) is 0 Å². The van der Waals surface area contributed by atoms with Crippen LogP contribution < -0.4 is 20.1 Å². The summed E-state index contributed by atoms with van der Waals surface area (Å²) in [6.45, 7) is 4.86. The molecule has 8 nitrogen and oxygen atoms in total. The van der Waals surface area contributed by atoms with E-state index in [1.54, 1.807) is 45.2 Å². The lowest BCUT2D eigenvalue weighted by Gasteiger charge is -2.34. The summed E-state index contributed by atoms with van der Waals surface area (Å²) in [5, 5.41) is 6.54. The van der Waals surface area contributed by atoms with E-state index in [4.69, 9.17) is 25.8 Å². The van der Waals surface area contributed by atoms with Gasteiger partial charge in [-0.15, -0.1) is 0 Å². The summed E-state index contributed by atoms with van der Waals surface area (Å²) in [7, 11) is 0. The first kappa shape index (κ1) is 32.3. The minimum atomic E-state index is -5.48. The Morgan fingerprint density at radius 1 is 0.977 bits per heavy atom. The van der Waals surface area contributed by atoms with Crippen LogP contribution in [0.4, 0.5) is 23.2 Å². The van der Waals surface area contributed by atoms with Gasteiger partial charge in [-0.25, -0.2) is 9.18 Å². The maximum Gasteiger partial charge on any atom is 0.491 e. The van der Waals surface area contributed by atoms with Crippen molar-refractivity contribution < 1.29 is 41.4 Å². The Morgan fingerprint density at radius 2 is 1.75 bits per heavy atom. The first-order valence-corrected chi connectivity index (χ1v) is 13.8. The Hall–Kier alpha value is -4.58. The number of hydrogen-bond acceptors (Lipinski definition) is 7. The van der Waals surface area contributed by atoms with Crippen LogP contribution in [0.25, 0.3) is 10.8 Å². The zero-order valence-corrected chi connectivity index (χ0v) is 24.6. The number of halogens is 5. The maximum atomic E-state index is 14.5. The standard InChI is InChI=1S/C31H28ClF4N3O5/c1-4-42-27-14-22(7-10-26(27)43-18(2)3)30(44-29(41)31(34,35)36,28(40)38-17-21-5-8-23(32)15-25(21)33)39-24-9-6-20-16-37-12-11-19(20)13-24/h5-16,18,39H,4,17H2,1-3H3,(H,38,40). The number of nitrogens with one attached hydrogen (secondary N) is 2. The van der Waals surface area contributed by atoms with Crippen molar-refractivity contribution in [1.82, 2.24) is 10.3 Å². The highest BCUT2D eigenvalue weighted by Gasteiger charge is 2.52. The molecule has 0 radical (unpaired) electrons. The van der Waals surface area contributed by atoms with Gasteiger partial charge in [0.25, 0.3) is 11.6 Å². The molecule has 1 amide bonds. The van der Waals surface area contributed by atoms with Gasteiger partial charge in [-0.2, -0.15) is 13.2 Å².